The summed E-state index contributed by atoms with van der Waals surface area (Å²) in [5.41, 5.74) is 0. The van der Waals surface area contributed by atoms with E-state index in [0.717, 1.165) is 6.54 Å². The van der Waals surface area contributed by atoms with Crippen LogP contribution in [0.25, 0.3) is 0 Å². The molecule has 66 valence electrons. The summed E-state index contributed by atoms with van der Waals surface area (Å²) >= 11 is 0. The van der Waals surface area contributed by atoms with Gasteiger partial charge in [0, 0.05) is 13.1 Å². The first-order chi connectivity index (χ1) is 5.24. The third kappa shape index (κ3) is 2.38. The van der Waals surface area contributed by atoms with Crippen molar-refractivity contribution in [3.63, 3.8) is 0 Å². The van der Waals surface area contributed by atoms with Crippen LogP contribution in [0, 0.1) is 0 Å². The van der Waals surface area contributed by atoms with E-state index in [1.54, 1.807) is 0 Å². The van der Waals surface area contributed by atoms with Crippen LogP contribution >= 0.6 is 0 Å². The number of halogens is 2. The number of likely N-dealkylation sites (N-methyl/N-ethyl adjacent to an activating group) is 1. The maximum absolute atomic E-state index is 12.7. The van der Waals surface area contributed by atoms with Gasteiger partial charge in [-0.15, -0.1) is 0 Å². The molecule has 1 saturated heterocycles. The highest BCUT2D eigenvalue weighted by Gasteiger charge is 2.26. The molecule has 0 bridgehead atoms. The van der Waals surface area contributed by atoms with Crippen molar-refractivity contribution in [1.82, 2.24) is 4.90 Å². The third-order valence-corrected chi connectivity index (χ3v) is 1.85. The molecule has 11 heavy (non-hydrogen) atoms. The second-order valence-electron chi connectivity index (χ2n) is 2.84. The first-order valence-electron chi connectivity index (χ1n) is 3.74. The van der Waals surface area contributed by atoms with Gasteiger partial charge in [-0.2, -0.15) is 0 Å². The average molecular weight is 165 g/mol. The van der Waals surface area contributed by atoms with Gasteiger partial charge in [0.2, 0.25) is 0 Å². The summed E-state index contributed by atoms with van der Waals surface area (Å²) in [6, 6.07) is 0. The maximum Gasteiger partial charge on any atom is 0.156 e. The first-order valence-corrected chi connectivity index (χ1v) is 3.74. The van der Waals surface area contributed by atoms with E-state index >= 15 is 0 Å². The van der Waals surface area contributed by atoms with Crippen molar-refractivity contribution in [2.75, 3.05) is 33.4 Å². The van der Waals surface area contributed by atoms with Crippen LogP contribution in [-0.4, -0.2) is 50.6 Å². The molecule has 0 radical (unpaired) electrons. The second kappa shape index (κ2) is 3.97. The minimum absolute atomic E-state index is 0.491. The van der Waals surface area contributed by atoms with E-state index in [0.29, 0.717) is 13.2 Å². The lowest BCUT2D eigenvalue weighted by atomic mass is 10.2. The summed E-state index contributed by atoms with van der Waals surface area (Å²) in [6.45, 7) is 0.848. The van der Waals surface area contributed by atoms with Gasteiger partial charge >= 0.3 is 0 Å². The van der Waals surface area contributed by atoms with Gasteiger partial charge in [-0.25, -0.2) is 8.78 Å². The number of nitrogens with zero attached hydrogens (tertiary/aromatic N) is 1. The second-order valence-corrected chi connectivity index (χ2v) is 2.84. The Kier molecular flexibility index (Phi) is 3.20. The zero-order valence-corrected chi connectivity index (χ0v) is 6.59. The first kappa shape index (κ1) is 8.87. The van der Waals surface area contributed by atoms with Crippen LogP contribution in [0.5, 0.6) is 0 Å². The molecule has 1 heterocycles. The molecule has 2 atom stereocenters. The summed E-state index contributed by atoms with van der Waals surface area (Å²) in [7, 11) is 1.88. The third-order valence-electron chi connectivity index (χ3n) is 1.85. The molecular weight excluding hydrogens is 152 g/mol. The van der Waals surface area contributed by atoms with E-state index in [9.17, 15) is 8.78 Å². The topological polar surface area (TPSA) is 12.5 Å². The van der Waals surface area contributed by atoms with Gasteiger partial charge < -0.3 is 9.64 Å². The van der Waals surface area contributed by atoms with Crippen LogP contribution in [0.15, 0.2) is 0 Å². The fraction of sp³-hybridized carbons (Fsp3) is 1.00. The number of ether oxygens (including phenoxy) is 1. The lowest BCUT2D eigenvalue weighted by Crippen LogP contribution is -2.45. The van der Waals surface area contributed by atoms with Gasteiger partial charge in [-0.05, 0) is 7.05 Å². The van der Waals surface area contributed by atoms with Crippen molar-refractivity contribution >= 4 is 0 Å². The Morgan fingerprint density at radius 3 is 3.00 bits per heavy atom. The molecule has 1 fully saturated rings. The predicted molar refractivity (Wildman–Crippen MR) is 38.1 cm³/mol. The molecule has 1 aliphatic heterocycles. The van der Waals surface area contributed by atoms with Crippen LogP contribution in [0.4, 0.5) is 8.78 Å². The summed E-state index contributed by atoms with van der Waals surface area (Å²) in [5, 5.41) is 0. The zero-order valence-electron chi connectivity index (χ0n) is 6.59. The Morgan fingerprint density at radius 1 is 1.73 bits per heavy atom. The number of morpholine rings is 1. The van der Waals surface area contributed by atoms with Crippen LogP contribution in [0.3, 0.4) is 0 Å². The fourth-order valence-electron chi connectivity index (χ4n) is 1.13. The summed E-state index contributed by atoms with van der Waals surface area (Å²) in [5.74, 6) is 0. The lowest BCUT2D eigenvalue weighted by molar-refractivity contribution is -0.0632. The normalized spacial score (nSPS) is 30.3. The van der Waals surface area contributed by atoms with E-state index < -0.39 is 19.0 Å². The van der Waals surface area contributed by atoms with Gasteiger partial charge in [-0.1, -0.05) is 0 Å². The quantitative estimate of drug-likeness (QED) is 0.595. The lowest BCUT2D eigenvalue weighted by Gasteiger charge is -2.30. The van der Waals surface area contributed by atoms with Crippen LogP contribution in [0.1, 0.15) is 0 Å². The SMILES string of the molecule is CN1CCO[C@@H](C(F)CF)C1. The summed E-state index contributed by atoms with van der Waals surface area (Å²) in [6.07, 6.45) is -2.03. The van der Waals surface area contributed by atoms with Crippen molar-refractivity contribution in [2.45, 2.75) is 12.3 Å². The molecule has 1 aliphatic rings. The number of hydrogen-bond acceptors (Lipinski definition) is 2. The molecule has 0 aromatic heterocycles. The molecule has 0 amide bonds. The minimum Gasteiger partial charge on any atom is -0.372 e. The zero-order chi connectivity index (χ0) is 8.27. The van der Waals surface area contributed by atoms with Crippen molar-refractivity contribution in [3.8, 4) is 0 Å². The largest absolute Gasteiger partial charge is 0.372 e. The van der Waals surface area contributed by atoms with Gasteiger partial charge in [0.15, 0.2) is 6.17 Å². The number of hydrogen-bond donors (Lipinski definition) is 0. The Labute approximate surface area is 65.1 Å². The fourth-order valence-corrected chi connectivity index (χ4v) is 1.13. The minimum atomic E-state index is -1.46. The molecule has 1 rings (SSSR count). The van der Waals surface area contributed by atoms with Crippen molar-refractivity contribution in [2.24, 2.45) is 0 Å². The molecule has 0 aromatic carbocycles. The van der Waals surface area contributed by atoms with Crippen LogP contribution < -0.4 is 0 Å². The summed E-state index contributed by atoms with van der Waals surface area (Å²) < 4.78 is 29.5. The Balaban J connectivity index is 2.33. The molecule has 0 N–H and O–H groups in total. The molecule has 1 unspecified atom stereocenters. The van der Waals surface area contributed by atoms with Crippen molar-refractivity contribution in [1.29, 1.82) is 0 Å². The average Bonchev–Trinajstić information content (AvgIpc) is 2.03. The van der Waals surface area contributed by atoms with Crippen molar-refractivity contribution in [3.05, 3.63) is 0 Å². The highest BCUT2D eigenvalue weighted by atomic mass is 19.2. The monoisotopic (exact) mass is 165 g/mol. The van der Waals surface area contributed by atoms with Gasteiger partial charge in [0.1, 0.15) is 12.8 Å². The molecule has 0 spiro atoms. The highest BCUT2D eigenvalue weighted by molar-refractivity contribution is 4.75. The van der Waals surface area contributed by atoms with Crippen molar-refractivity contribution < 1.29 is 13.5 Å². The summed E-state index contributed by atoms with van der Waals surface area (Å²) in [4.78, 5) is 1.94. The molecule has 2 nitrogen and oxygen atoms in total. The van der Waals surface area contributed by atoms with Gasteiger partial charge in [0.05, 0.1) is 6.61 Å². The standard InChI is InChI=1S/C7H13F2NO/c1-10-2-3-11-7(5-10)6(9)4-8/h6-7H,2-5H2,1H3/t6?,7-/m1/s1. The number of alkyl halides is 2. The maximum atomic E-state index is 12.7. The predicted octanol–water partition coefficient (Wildman–Crippen LogP) is 0.625. The molecule has 4 heteroatoms. The van der Waals surface area contributed by atoms with E-state index in [1.165, 1.54) is 0 Å². The molecule has 0 aliphatic carbocycles. The van der Waals surface area contributed by atoms with E-state index in [2.05, 4.69) is 0 Å². The molecule has 0 aromatic rings. The van der Waals surface area contributed by atoms with E-state index in [-0.39, 0.29) is 0 Å². The van der Waals surface area contributed by atoms with Gasteiger partial charge in [-0.3, -0.25) is 0 Å². The molecule has 0 saturated carbocycles. The number of rotatable bonds is 2. The van der Waals surface area contributed by atoms with Crippen LogP contribution in [-0.2, 0) is 4.74 Å². The molecular formula is C7H13F2NO. The Morgan fingerprint density at radius 2 is 2.45 bits per heavy atom. The van der Waals surface area contributed by atoms with E-state index in [1.807, 2.05) is 11.9 Å². The van der Waals surface area contributed by atoms with Gasteiger partial charge in [0.25, 0.3) is 0 Å². The van der Waals surface area contributed by atoms with E-state index in [4.69, 9.17) is 4.74 Å². The Bertz CT molecular complexity index is 123. The highest BCUT2D eigenvalue weighted by Crippen LogP contribution is 2.10. The smallest absolute Gasteiger partial charge is 0.156 e. The van der Waals surface area contributed by atoms with Crippen LogP contribution in [0.2, 0.25) is 0 Å². The Hall–Kier alpha value is -0.220.